The zero-order chi connectivity index (χ0) is 14.5. The van der Waals surface area contributed by atoms with Crippen molar-refractivity contribution >= 4 is 11.9 Å². The second-order valence-electron chi connectivity index (χ2n) is 5.01. The summed E-state index contributed by atoms with van der Waals surface area (Å²) in [5.41, 5.74) is 7.01. The number of carbonyl (C=O) groups excluding carboxylic acids is 2. The molecule has 1 amide bonds. The third-order valence-corrected chi connectivity index (χ3v) is 3.62. The summed E-state index contributed by atoms with van der Waals surface area (Å²) in [7, 11) is 1.34. The van der Waals surface area contributed by atoms with Gasteiger partial charge in [0, 0.05) is 6.54 Å². The highest BCUT2D eigenvalue weighted by Crippen LogP contribution is 2.19. The minimum absolute atomic E-state index is 0.179. The number of benzene rings is 1. The van der Waals surface area contributed by atoms with E-state index in [9.17, 15) is 9.59 Å². The van der Waals surface area contributed by atoms with Crippen LogP contribution in [0.3, 0.4) is 0 Å². The van der Waals surface area contributed by atoms with Gasteiger partial charge in [0.05, 0.1) is 13.2 Å². The van der Waals surface area contributed by atoms with Gasteiger partial charge < -0.3 is 15.4 Å². The smallest absolute Gasteiger partial charge is 0.328 e. The Morgan fingerprint density at radius 3 is 2.75 bits per heavy atom. The van der Waals surface area contributed by atoms with Crippen LogP contribution >= 0.6 is 0 Å². The van der Waals surface area contributed by atoms with Gasteiger partial charge in [0.25, 0.3) is 0 Å². The van der Waals surface area contributed by atoms with E-state index in [1.807, 2.05) is 30.3 Å². The molecule has 2 rings (SSSR count). The predicted molar refractivity (Wildman–Crippen MR) is 74.9 cm³/mol. The molecule has 20 heavy (non-hydrogen) atoms. The zero-order valence-corrected chi connectivity index (χ0v) is 11.6. The molecule has 1 aromatic rings. The molecule has 108 valence electrons. The molecule has 1 aliphatic rings. The van der Waals surface area contributed by atoms with Crippen LogP contribution in [0.1, 0.15) is 18.4 Å². The number of ether oxygens (including phenoxy) is 1. The lowest BCUT2D eigenvalue weighted by Gasteiger charge is -2.25. The number of esters is 1. The Morgan fingerprint density at radius 1 is 1.40 bits per heavy atom. The Labute approximate surface area is 118 Å². The van der Waals surface area contributed by atoms with Crippen molar-refractivity contribution in [1.82, 2.24) is 4.90 Å². The van der Waals surface area contributed by atoms with Crippen molar-refractivity contribution < 1.29 is 14.3 Å². The maximum atomic E-state index is 12.4. The van der Waals surface area contributed by atoms with E-state index in [1.54, 1.807) is 4.90 Å². The third kappa shape index (κ3) is 3.17. The fraction of sp³-hybridized carbons (Fsp3) is 0.467. The van der Waals surface area contributed by atoms with Gasteiger partial charge in [-0.3, -0.25) is 4.79 Å². The van der Waals surface area contributed by atoms with Crippen LogP contribution in [0.15, 0.2) is 30.3 Å². The Hall–Kier alpha value is -1.88. The SMILES string of the molecule is COC(=O)[C@@H]1CCCN1C(=O)[C@H](N)Cc1ccccc1. The van der Waals surface area contributed by atoms with Gasteiger partial charge >= 0.3 is 5.97 Å². The van der Waals surface area contributed by atoms with E-state index in [-0.39, 0.29) is 11.9 Å². The Balaban J connectivity index is 2.01. The normalized spacial score (nSPS) is 19.7. The number of carbonyl (C=O) groups is 2. The van der Waals surface area contributed by atoms with Gasteiger partial charge in [0.15, 0.2) is 0 Å². The van der Waals surface area contributed by atoms with E-state index in [2.05, 4.69) is 0 Å². The first-order chi connectivity index (χ1) is 9.63. The Morgan fingerprint density at radius 2 is 2.10 bits per heavy atom. The van der Waals surface area contributed by atoms with E-state index in [4.69, 9.17) is 10.5 Å². The Bertz CT molecular complexity index is 475. The fourth-order valence-electron chi connectivity index (χ4n) is 2.58. The summed E-state index contributed by atoms with van der Waals surface area (Å²) in [4.78, 5) is 25.6. The molecule has 0 unspecified atom stereocenters. The molecular weight excluding hydrogens is 256 g/mol. The van der Waals surface area contributed by atoms with Crippen LogP contribution in [-0.4, -0.2) is 42.5 Å². The van der Waals surface area contributed by atoms with Crippen LogP contribution in [0.4, 0.5) is 0 Å². The Kier molecular flexibility index (Phi) is 4.74. The predicted octanol–water partition coefficient (Wildman–Crippen LogP) is 0.720. The van der Waals surface area contributed by atoms with E-state index in [1.165, 1.54) is 7.11 Å². The summed E-state index contributed by atoms with van der Waals surface area (Å²) in [6.45, 7) is 0.571. The summed E-state index contributed by atoms with van der Waals surface area (Å²) in [5.74, 6) is -0.537. The molecule has 2 atom stereocenters. The lowest BCUT2D eigenvalue weighted by atomic mass is 10.1. The van der Waals surface area contributed by atoms with Gasteiger partial charge in [-0.05, 0) is 24.8 Å². The average molecular weight is 276 g/mol. The number of nitrogens with zero attached hydrogens (tertiary/aromatic N) is 1. The molecule has 1 saturated heterocycles. The summed E-state index contributed by atoms with van der Waals surface area (Å²) in [6.07, 6.45) is 1.93. The number of likely N-dealkylation sites (tertiary alicyclic amines) is 1. The first kappa shape index (κ1) is 14.5. The molecule has 1 aromatic carbocycles. The lowest BCUT2D eigenvalue weighted by molar-refractivity contribution is -0.151. The molecule has 0 spiro atoms. The second-order valence-corrected chi connectivity index (χ2v) is 5.01. The summed E-state index contributed by atoms with van der Waals surface area (Å²) in [5, 5.41) is 0. The van der Waals surface area contributed by atoms with Crippen LogP contribution in [0.5, 0.6) is 0 Å². The number of hydrogen-bond acceptors (Lipinski definition) is 4. The maximum Gasteiger partial charge on any atom is 0.328 e. The number of amides is 1. The van der Waals surface area contributed by atoms with Crippen molar-refractivity contribution in [3.05, 3.63) is 35.9 Å². The zero-order valence-electron chi connectivity index (χ0n) is 11.6. The van der Waals surface area contributed by atoms with E-state index >= 15 is 0 Å². The van der Waals surface area contributed by atoms with Gasteiger partial charge in [-0.25, -0.2) is 4.79 Å². The molecule has 0 radical (unpaired) electrons. The van der Waals surface area contributed by atoms with Crippen molar-refractivity contribution in [3.8, 4) is 0 Å². The molecule has 0 aliphatic carbocycles. The highest BCUT2D eigenvalue weighted by Gasteiger charge is 2.36. The minimum Gasteiger partial charge on any atom is -0.467 e. The van der Waals surface area contributed by atoms with Crippen molar-refractivity contribution in [2.45, 2.75) is 31.3 Å². The molecule has 2 N–H and O–H groups in total. The summed E-state index contributed by atoms with van der Waals surface area (Å²) < 4.78 is 4.74. The molecule has 0 saturated carbocycles. The quantitative estimate of drug-likeness (QED) is 0.822. The molecule has 1 heterocycles. The summed E-state index contributed by atoms with van der Waals surface area (Å²) >= 11 is 0. The molecule has 5 heteroatoms. The average Bonchev–Trinajstić information content (AvgIpc) is 2.96. The first-order valence-corrected chi connectivity index (χ1v) is 6.81. The minimum atomic E-state index is -0.623. The molecular formula is C15H20N2O3. The van der Waals surface area contributed by atoms with Crippen molar-refractivity contribution in [2.24, 2.45) is 5.73 Å². The van der Waals surface area contributed by atoms with Crippen LogP contribution in [0.25, 0.3) is 0 Å². The molecule has 0 aromatic heterocycles. The van der Waals surface area contributed by atoms with Crippen molar-refractivity contribution in [3.63, 3.8) is 0 Å². The monoisotopic (exact) mass is 276 g/mol. The van der Waals surface area contributed by atoms with Gasteiger partial charge in [-0.2, -0.15) is 0 Å². The number of rotatable bonds is 4. The van der Waals surface area contributed by atoms with E-state index in [0.29, 0.717) is 19.4 Å². The molecule has 0 bridgehead atoms. The van der Waals surface area contributed by atoms with Crippen LogP contribution in [0, 0.1) is 0 Å². The highest BCUT2D eigenvalue weighted by atomic mass is 16.5. The van der Waals surface area contributed by atoms with E-state index < -0.39 is 12.1 Å². The van der Waals surface area contributed by atoms with Crippen molar-refractivity contribution in [2.75, 3.05) is 13.7 Å². The number of nitrogens with two attached hydrogens (primary N) is 1. The maximum absolute atomic E-state index is 12.4. The largest absolute Gasteiger partial charge is 0.467 e. The van der Waals surface area contributed by atoms with E-state index in [0.717, 1.165) is 12.0 Å². The highest BCUT2D eigenvalue weighted by molar-refractivity contribution is 5.88. The lowest BCUT2D eigenvalue weighted by Crippen LogP contribution is -2.49. The van der Waals surface area contributed by atoms with Gasteiger partial charge in [-0.15, -0.1) is 0 Å². The van der Waals surface area contributed by atoms with Gasteiger partial charge in [0.2, 0.25) is 5.91 Å². The third-order valence-electron chi connectivity index (χ3n) is 3.62. The van der Waals surface area contributed by atoms with Gasteiger partial charge in [-0.1, -0.05) is 30.3 Å². The summed E-state index contributed by atoms with van der Waals surface area (Å²) in [6, 6.07) is 8.53. The van der Waals surface area contributed by atoms with Crippen LogP contribution in [0.2, 0.25) is 0 Å². The topological polar surface area (TPSA) is 72.6 Å². The molecule has 1 aliphatic heterocycles. The fourth-order valence-corrected chi connectivity index (χ4v) is 2.58. The molecule has 5 nitrogen and oxygen atoms in total. The van der Waals surface area contributed by atoms with Gasteiger partial charge in [0.1, 0.15) is 6.04 Å². The number of hydrogen-bond donors (Lipinski definition) is 1. The van der Waals surface area contributed by atoms with Crippen LogP contribution < -0.4 is 5.73 Å². The van der Waals surface area contributed by atoms with Crippen molar-refractivity contribution in [1.29, 1.82) is 0 Å². The number of methoxy groups -OCH3 is 1. The van der Waals surface area contributed by atoms with Crippen LogP contribution in [-0.2, 0) is 20.7 Å². The standard InChI is InChI=1S/C15H20N2O3/c1-20-15(19)13-8-5-9-17(13)14(18)12(16)10-11-6-3-2-4-7-11/h2-4,6-7,12-13H,5,8-10,16H2,1H3/t12-,13+/m1/s1. The second kappa shape index (κ2) is 6.52. The first-order valence-electron chi connectivity index (χ1n) is 6.81. The molecule has 1 fully saturated rings.